The molecule has 4 aromatic heterocycles. The molecule has 5 heteroatoms. The maximum atomic E-state index is 6.54. The fourth-order valence-corrected chi connectivity index (χ4v) is 6.65. The largest absolute Gasteiger partial charge is 0.375 e. The molecule has 1 unspecified atom stereocenters. The van der Waals surface area contributed by atoms with Crippen LogP contribution in [-0.2, 0) is 11.2 Å². The molecule has 4 heterocycles. The van der Waals surface area contributed by atoms with Crippen LogP contribution >= 0.6 is 0 Å². The number of rotatable bonds is 7. The number of ether oxygens (including phenoxy) is 1. The summed E-state index contributed by atoms with van der Waals surface area (Å²) in [4.78, 5) is 9.60. The Hall–Kier alpha value is -4.48. The lowest BCUT2D eigenvalue weighted by Gasteiger charge is -2.28. The first-order valence-electron chi connectivity index (χ1n) is 15.3. The summed E-state index contributed by atoms with van der Waals surface area (Å²) in [5.41, 5.74) is 10.1. The van der Waals surface area contributed by atoms with Gasteiger partial charge in [-0.25, -0.2) is 0 Å². The van der Waals surface area contributed by atoms with Crippen molar-refractivity contribution in [3.8, 4) is 11.4 Å². The van der Waals surface area contributed by atoms with E-state index in [1.165, 1.54) is 5.56 Å². The van der Waals surface area contributed by atoms with Gasteiger partial charge in [0.2, 0.25) is 0 Å². The van der Waals surface area contributed by atoms with Crippen molar-refractivity contribution in [3.63, 3.8) is 0 Å². The van der Waals surface area contributed by atoms with Crippen LogP contribution in [0, 0.1) is 5.41 Å². The summed E-state index contributed by atoms with van der Waals surface area (Å²) in [6, 6.07) is 32.5. The van der Waals surface area contributed by atoms with E-state index in [0.29, 0.717) is 0 Å². The lowest BCUT2D eigenvalue weighted by atomic mass is 9.87. The van der Waals surface area contributed by atoms with Gasteiger partial charge in [0, 0.05) is 34.5 Å². The second-order valence-electron chi connectivity index (χ2n) is 13.1. The molecule has 0 radical (unpaired) electrons. The van der Waals surface area contributed by atoms with Gasteiger partial charge in [0.1, 0.15) is 0 Å². The number of aromatic nitrogens is 4. The molecule has 0 bridgehead atoms. The Morgan fingerprint density at radius 2 is 1.14 bits per heavy atom. The standard InChI is InChI=1S/C38H38N4O/c1-25(2)43-29(24-38(3,4)5)22-26-20-27(41-32-14-8-6-12-30(32)36-34(41)16-10-18-39-36)23-28(21-26)42-33-15-9-7-13-31(33)37-35(42)17-11-19-40-37/h6-21,23,25,29H,22,24H2,1-5H3. The average molecular weight is 567 g/mol. The molecule has 216 valence electrons. The number of nitrogens with zero attached hydrogens (tertiary/aromatic N) is 4. The van der Waals surface area contributed by atoms with Gasteiger partial charge in [-0.2, -0.15) is 0 Å². The number of hydrogen-bond acceptors (Lipinski definition) is 3. The Balaban J connectivity index is 1.50. The van der Waals surface area contributed by atoms with Crippen LogP contribution in [-0.4, -0.2) is 31.3 Å². The zero-order chi connectivity index (χ0) is 29.7. The van der Waals surface area contributed by atoms with Crippen LogP contribution in [0.25, 0.3) is 55.2 Å². The summed E-state index contributed by atoms with van der Waals surface area (Å²) in [6.07, 6.45) is 5.81. The first kappa shape index (κ1) is 27.4. The highest BCUT2D eigenvalue weighted by Gasteiger charge is 2.23. The highest BCUT2D eigenvalue weighted by atomic mass is 16.5. The average Bonchev–Trinajstić information content (AvgIpc) is 3.49. The Morgan fingerprint density at radius 3 is 1.63 bits per heavy atom. The molecule has 0 amide bonds. The van der Waals surface area contributed by atoms with Crippen molar-refractivity contribution in [2.45, 2.75) is 59.7 Å². The molecular weight excluding hydrogens is 528 g/mol. The van der Waals surface area contributed by atoms with E-state index < -0.39 is 0 Å². The van der Waals surface area contributed by atoms with Gasteiger partial charge in [0.05, 0.1) is 45.3 Å². The minimum absolute atomic E-state index is 0.0998. The molecule has 43 heavy (non-hydrogen) atoms. The van der Waals surface area contributed by atoms with E-state index in [1.54, 1.807) is 0 Å². The van der Waals surface area contributed by atoms with Gasteiger partial charge in [-0.05, 0) is 92.3 Å². The van der Waals surface area contributed by atoms with Crippen molar-refractivity contribution in [2.75, 3.05) is 0 Å². The maximum Gasteiger partial charge on any atom is 0.0963 e. The van der Waals surface area contributed by atoms with Crippen LogP contribution in [0.4, 0.5) is 0 Å². The topological polar surface area (TPSA) is 44.9 Å². The van der Waals surface area contributed by atoms with Gasteiger partial charge in [-0.15, -0.1) is 0 Å². The molecular formula is C38H38N4O. The first-order chi connectivity index (χ1) is 20.8. The van der Waals surface area contributed by atoms with Crippen molar-refractivity contribution < 1.29 is 4.74 Å². The normalized spacial score (nSPS) is 13.2. The van der Waals surface area contributed by atoms with Crippen LogP contribution in [0.15, 0.2) is 103 Å². The molecule has 5 nitrogen and oxygen atoms in total. The first-order valence-corrected chi connectivity index (χ1v) is 15.3. The number of fused-ring (bicyclic) bond motifs is 6. The smallest absolute Gasteiger partial charge is 0.0963 e. The van der Waals surface area contributed by atoms with Gasteiger partial charge < -0.3 is 13.9 Å². The van der Waals surface area contributed by atoms with Crippen LogP contribution in [0.5, 0.6) is 0 Å². The minimum atomic E-state index is 0.0998. The van der Waals surface area contributed by atoms with Gasteiger partial charge >= 0.3 is 0 Å². The zero-order valence-electron chi connectivity index (χ0n) is 25.6. The monoisotopic (exact) mass is 566 g/mol. The van der Waals surface area contributed by atoms with Crippen LogP contribution in [0.3, 0.4) is 0 Å². The van der Waals surface area contributed by atoms with Gasteiger partial charge in [0.15, 0.2) is 0 Å². The van der Waals surface area contributed by atoms with E-state index in [0.717, 1.165) is 68.1 Å². The van der Waals surface area contributed by atoms with Crippen molar-refractivity contribution in [1.82, 2.24) is 19.1 Å². The fraction of sp³-hybridized carbons (Fsp3) is 0.263. The van der Waals surface area contributed by atoms with E-state index >= 15 is 0 Å². The SMILES string of the molecule is CC(C)OC(Cc1cc(-n2c3ccccc3c3ncccc32)cc(-n2c3ccccc3c3ncccc32)c1)CC(C)(C)C. The maximum absolute atomic E-state index is 6.54. The predicted molar refractivity (Wildman–Crippen MR) is 178 cm³/mol. The van der Waals surface area contributed by atoms with E-state index in [1.807, 2.05) is 24.5 Å². The van der Waals surface area contributed by atoms with Crippen molar-refractivity contribution in [3.05, 3.63) is 109 Å². The second kappa shape index (κ2) is 10.7. The molecule has 0 aliphatic rings. The van der Waals surface area contributed by atoms with Gasteiger partial charge in [-0.1, -0.05) is 57.2 Å². The molecule has 0 fully saturated rings. The minimum Gasteiger partial charge on any atom is -0.375 e. The van der Waals surface area contributed by atoms with Crippen LogP contribution < -0.4 is 0 Å². The van der Waals surface area contributed by atoms with Crippen molar-refractivity contribution >= 4 is 43.9 Å². The summed E-state index contributed by atoms with van der Waals surface area (Å²) in [7, 11) is 0. The van der Waals surface area contributed by atoms with Gasteiger partial charge in [-0.3, -0.25) is 9.97 Å². The molecule has 0 aliphatic carbocycles. The summed E-state index contributed by atoms with van der Waals surface area (Å²) in [5.74, 6) is 0. The number of para-hydroxylation sites is 2. The lowest BCUT2D eigenvalue weighted by molar-refractivity contribution is -0.0128. The second-order valence-corrected chi connectivity index (χ2v) is 13.1. The predicted octanol–water partition coefficient (Wildman–Crippen LogP) is 9.44. The summed E-state index contributed by atoms with van der Waals surface area (Å²) >= 11 is 0. The summed E-state index contributed by atoms with van der Waals surface area (Å²) in [5, 5.41) is 2.31. The number of benzene rings is 3. The summed E-state index contributed by atoms with van der Waals surface area (Å²) in [6.45, 7) is 11.1. The third kappa shape index (κ3) is 5.08. The molecule has 0 saturated heterocycles. The third-order valence-electron chi connectivity index (χ3n) is 8.10. The molecule has 3 aromatic carbocycles. The highest BCUT2D eigenvalue weighted by Crippen LogP contribution is 2.35. The molecule has 0 saturated carbocycles. The van der Waals surface area contributed by atoms with Gasteiger partial charge in [0.25, 0.3) is 0 Å². The molecule has 7 rings (SSSR count). The lowest BCUT2D eigenvalue weighted by Crippen LogP contribution is -2.26. The number of pyridine rings is 2. The molecule has 1 atom stereocenters. The van der Waals surface area contributed by atoms with E-state index in [2.05, 4.69) is 123 Å². The molecule has 0 spiro atoms. The third-order valence-corrected chi connectivity index (χ3v) is 8.10. The van der Waals surface area contributed by atoms with E-state index in [-0.39, 0.29) is 17.6 Å². The number of hydrogen-bond donors (Lipinski definition) is 0. The molecule has 0 N–H and O–H groups in total. The fourth-order valence-electron chi connectivity index (χ4n) is 6.65. The molecule has 7 aromatic rings. The van der Waals surface area contributed by atoms with E-state index in [4.69, 9.17) is 14.7 Å². The quantitative estimate of drug-likeness (QED) is 0.193. The van der Waals surface area contributed by atoms with Crippen molar-refractivity contribution in [1.29, 1.82) is 0 Å². The highest BCUT2D eigenvalue weighted by molar-refractivity contribution is 6.08. The Morgan fingerprint density at radius 1 is 0.651 bits per heavy atom. The van der Waals surface area contributed by atoms with E-state index in [9.17, 15) is 0 Å². The Kier molecular flexibility index (Phi) is 6.78. The van der Waals surface area contributed by atoms with Crippen LogP contribution in [0.1, 0.15) is 46.6 Å². The summed E-state index contributed by atoms with van der Waals surface area (Å²) < 4.78 is 11.3. The Bertz CT molecular complexity index is 1850. The Labute approximate surface area is 252 Å². The van der Waals surface area contributed by atoms with Crippen LogP contribution in [0.2, 0.25) is 0 Å². The zero-order valence-corrected chi connectivity index (χ0v) is 25.6. The van der Waals surface area contributed by atoms with Crippen molar-refractivity contribution in [2.24, 2.45) is 5.41 Å². The molecule has 0 aliphatic heterocycles.